The highest BCUT2D eigenvalue weighted by Gasteiger charge is 2.25. The molecule has 0 spiro atoms. The first-order valence-electron chi connectivity index (χ1n) is 11.4. The van der Waals surface area contributed by atoms with Crippen molar-refractivity contribution in [3.05, 3.63) is 64.4 Å². The maximum absolute atomic E-state index is 13.0. The smallest absolute Gasteiger partial charge is 0.272 e. The second-order valence-corrected chi connectivity index (χ2v) is 8.85. The summed E-state index contributed by atoms with van der Waals surface area (Å²) in [4.78, 5) is 13.0. The largest absolute Gasteiger partial charge is 0.491 e. The number of aliphatic hydroxyl groups is 1. The predicted molar refractivity (Wildman–Crippen MR) is 126 cm³/mol. The minimum atomic E-state index is -0.883. The number of ether oxygens (including phenoxy) is 3. The molecule has 9 heteroatoms. The fourth-order valence-corrected chi connectivity index (χ4v) is 4.39. The summed E-state index contributed by atoms with van der Waals surface area (Å²) in [5.41, 5.74) is 3.34. The standard InChI is InChI=1S/C25H26ClN3O5/c26-16-6-8-17(9-7-16)29-21-5-3-1-2-4-20(21)24(28-29)25(31)27-13-18(30)14-32-19-10-11-22-23(12-19)34-15-33-22/h6-12,18,30H,1-5,13-15H2,(H,27,31). The molecule has 2 aliphatic rings. The summed E-state index contributed by atoms with van der Waals surface area (Å²) in [6.07, 6.45) is 3.98. The van der Waals surface area contributed by atoms with Crippen molar-refractivity contribution in [2.24, 2.45) is 0 Å². The highest BCUT2D eigenvalue weighted by Crippen LogP contribution is 2.35. The number of aliphatic hydroxyl groups excluding tert-OH is 1. The lowest BCUT2D eigenvalue weighted by molar-refractivity contribution is 0.0838. The van der Waals surface area contributed by atoms with Crippen LogP contribution in [0, 0.1) is 0 Å². The monoisotopic (exact) mass is 483 g/mol. The molecule has 34 heavy (non-hydrogen) atoms. The van der Waals surface area contributed by atoms with Crippen molar-refractivity contribution in [3.63, 3.8) is 0 Å². The van der Waals surface area contributed by atoms with Crippen LogP contribution < -0.4 is 19.5 Å². The molecular weight excluding hydrogens is 458 g/mol. The Morgan fingerprint density at radius 3 is 2.76 bits per heavy atom. The van der Waals surface area contributed by atoms with E-state index in [0.717, 1.165) is 49.0 Å². The molecule has 1 aliphatic heterocycles. The molecule has 1 unspecified atom stereocenters. The number of benzene rings is 2. The normalized spacial score (nSPS) is 15.4. The number of nitrogens with one attached hydrogen (secondary N) is 1. The van der Waals surface area contributed by atoms with Crippen molar-refractivity contribution < 1.29 is 24.1 Å². The molecule has 2 heterocycles. The zero-order valence-corrected chi connectivity index (χ0v) is 19.4. The Labute approximate surface area is 202 Å². The van der Waals surface area contributed by atoms with E-state index < -0.39 is 6.10 Å². The number of carbonyl (C=O) groups is 1. The number of fused-ring (bicyclic) bond motifs is 2. The molecule has 1 amide bonds. The molecule has 5 rings (SSSR count). The Hall–Kier alpha value is -3.23. The SMILES string of the molecule is O=C(NCC(O)COc1ccc2c(c1)OCO2)c1nn(-c2ccc(Cl)cc2)c2c1CCCCC2. The first kappa shape index (κ1) is 22.6. The third-order valence-electron chi connectivity index (χ3n) is 6.00. The average molecular weight is 484 g/mol. The lowest BCUT2D eigenvalue weighted by Crippen LogP contribution is -2.35. The second kappa shape index (κ2) is 9.95. The quantitative estimate of drug-likeness (QED) is 0.498. The van der Waals surface area contributed by atoms with Gasteiger partial charge >= 0.3 is 0 Å². The number of hydrogen-bond acceptors (Lipinski definition) is 6. The molecule has 0 saturated heterocycles. The van der Waals surface area contributed by atoms with Gasteiger partial charge < -0.3 is 24.6 Å². The van der Waals surface area contributed by atoms with E-state index in [1.165, 1.54) is 0 Å². The zero-order chi connectivity index (χ0) is 23.5. The third-order valence-corrected chi connectivity index (χ3v) is 6.25. The van der Waals surface area contributed by atoms with Crippen molar-refractivity contribution in [2.75, 3.05) is 19.9 Å². The molecule has 0 saturated carbocycles. The van der Waals surface area contributed by atoms with Gasteiger partial charge in [-0.05, 0) is 62.1 Å². The Morgan fingerprint density at radius 1 is 1.12 bits per heavy atom. The summed E-state index contributed by atoms with van der Waals surface area (Å²) < 4.78 is 18.1. The molecule has 8 nitrogen and oxygen atoms in total. The van der Waals surface area contributed by atoms with E-state index in [-0.39, 0.29) is 25.9 Å². The van der Waals surface area contributed by atoms with Crippen molar-refractivity contribution in [1.29, 1.82) is 0 Å². The second-order valence-electron chi connectivity index (χ2n) is 8.41. The van der Waals surface area contributed by atoms with Gasteiger partial charge in [0, 0.05) is 28.9 Å². The van der Waals surface area contributed by atoms with Crippen LogP contribution in [-0.4, -0.2) is 46.8 Å². The van der Waals surface area contributed by atoms with Gasteiger partial charge in [-0.2, -0.15) is 5.10 Å². The maximum atomic E-state index is 13.0. The lowest BCUT2D eigenvalue weighted by Gasteiger charge is -2.13. The van der Waals surface area contributed by atoms with E-state index in [4.69, 9.17) is 25.8 Å². The van der Waals surface area contributed by atoms with Crippen molar-refractivity contribution in [2.45, 2.75) is 38.2 Å². The number of amides is 1. The number of halogens is 1. The third kappa shape index (κ3) is 4.83. The van der Waals surface area contributed by atoms with Crippen LogP contribution in [0.3, 0.4) is 0 Å². The molecule has 178 valence electrons. The molecule has 0 radical (unpaired) electrons. The topological polar surface area (TPSA) is 94.8 Å². The molecule has 2 N–H and O–H groups in total. The van der Waals surface area contributed by atoms with E-state index in [9.17, 15) is 9.90 Å². The lowest BCUT2D eigenvalue weighted by atomic mass is 10.1. The van der Waals surface area contributed by atoms with Crippen molar-refractivity contribution >= 4 is 17.5 Å². The summed E-state index contributed by atoms with van der Waals surface area (Å²) in [6.45, 7) is 0.258. The van der Waals surface area contributed by atoms with E-state index >= 15 is 0 Å². The van der Waals surface area contributed by atoms with Crippen molar-refractivity contribution in [1.82, 2.24) is 15.1 Å². The van der Waals surface area contributed by atoms with Crippen LogP contribution in [0.25, 0.3) is 5.69 Å². The molecule has 1 aromatic heterocycles. The fourth-order valence-electron chi connectivity index (χ4n) is 4.27. The van der Waals surface area contributed by atoms with Gasteiger partial charge in [-0.1, -0.05) is 18.0 Å². The molecule has 3 aromatic rings. The van der Waals surface area contributed by atoms with Crippen LogP contribution in [0.4, 0.5) is 0 Å². The maximum Gasteiger partial charge on any atom is 0.272 e. The summed E-state index contributed by atoms with van der Waals surface area (Å²) in [7, 11) is 0. The minimum absolute atomic E-state index is 0.0250. The van der Waals surface area contributed by atoms with Gasteiger partial charge in [0.2, 0.25) is 6.79 Å². The average Bonchev–Trinajstić information content (AvgIpc) is 3.38. The van der Waals surface area contributed by atoms with Gasteiger partial charge in [0.1, 0.15) is 18.5 Å². The van der Waals surface area contributed by atoms with Gasteiger partial charge in [0.15, 0.2) is 17.2 Å². The molecule has 0 fully saturated rings. The fraction of sp³-hybridized carbons (Fsp3) is 0.360. The van der Waals surface area contributed by atoms with Crippen molar-refractivity contribution in [3.8, 4) is 22.9 Å². The number of nitrogens with zero attached hydrogens (tertiary/aromatic N) is 2. The Kier molecular flexibility index (Phi) is 6.60. The van der Waals surface area contributed by atoms with Crippen LogP contribution >= 0.6 is 11.6 Å². The van der Waals surface area contributed by atoms with E-state index in [1.807, 2.05) is 28.9 Å². The van der Waals surface area contributed by atoms with Crippen LogP contribution in [0.2, 0.25) is 5.02 Å². The number of hydrogen-bond donors (Lipinski definition) is 2. The van der Waals surface area contributed by atoms with Crippen LogP contribution in [0.5, 0.6) is 17.2 Å². The van der Waals surface area contributed by atoms with E-state index in [0.29, 0.717) is 28.0 Å². The Bertz CT molecular complexity index is 1180. The first-order chi connectivity index (χ1) is 16.6. The van der Waals surface area contributed by atoms with Gasteiger partial charge in [-0.25, -0.2) is 4.68 Å². The van der Waals surface area contributed by atoms with Crippen LogP contribution in [0.1, 0.15) is 41.0 Å². The highest BCUT2D eigenvalue weighted by atomic mass is 35.5. The van der Waals surface area contributed by atoms with Gasteiger partial charge in [0.05, 0.1) is 5.69 Å². The summed E-state index contributed by atoms with van der Waals surface area (Å²) in [6, 6.07) is 12.7. The molecule has 1 atom stereocenters. The van der Waals surface area contributed by atoms with Gasteiger partial charge in [-0.3, -0.25) is 4.79 Å². The van der Waals surface area contributed by atoms with E-state index in [2.05, 4.69) is 10.4 Å². The number of rotatable bonds is 7. The Balaban J connectivity index is 1.24. The summed E-state index contributed by atoms with van der Waals surface area (Å²) in [5, 5.41) is 18.5. The van der Waals surface area contributed by atoms with Crippen LogP contribution in [-0.2, 0) is 12.8 Å². The zero-order valence-electron chi connectivity index (χ0n) is 18.6. The highest BCUT2D eigenvalue weighted by molar-refractivity contribution is 6.30. The van der Waals surface area contributed by atoms with Gasteiger partial charge in [-0.15, -0.1) is 0 Å². The summed E-state index contributed by atoms with van der Waals surface area (Å²) in [5.74, 6) is 1.53. The minimum Gasteiger partial charge on any atom is -0.491 e. The molecule has 0 bridgehead atoms. The van der Waals surface area contributed by atoms with Gasteiger partial charge in [0.25, 0.3) is 5.91 Å². The molecule has 1 aliphatic carbocycles. The number of aromatic nitrogens is 2. The predicted octanol–water partition coefficient (Wildman–Crippen LogP) is 3.69. The first-order valence-corrected chi connectivity index (χ1v) is 11.8. The van der Waals surface area contributed by atoms with Crippen LogP contribution in [0.15, 0.2) is 42.5 Å². The molecular formula is C25H26ClN3O5. The molecule has 2 aromatic carbocycles. The van der Waals surface area contributed by atoms with E-state index in [1.54, 1.807) is 18.2 Å². The summed E-state index contributed by atoms with van der Waals surface area (Å²) >= 11 is 6.05. The number of carbonyl (C=O) groups excluding carboxylic acids is 1. The Morgan fingerprint density at radius 2 is 1.91 bits per heavy atom.